The molecule has 1 aliphatic rings. The molecule has 1 fully saturated rings. The molecule has 0 spiro atoms. The van der Waals surface area contributed by atoms with Crippen molar-refractivity contribution in [2.45, 2.75) is 19.9 Å². The average molecular weight is 407 g/mol. The summed E-state index contributed by atoms with van der Waals surface area (Å²) in [7, 11) is 2.03. The molecule has 150 valence electrons. The van der Waals surface area contributed by atoms with Crippen LogP contribution in [-0.2, 0) is 4.79 Å². The third-order valence-electron chi connectivity index (χ3n) is 4.73. The molecule has 2 aromatic heterocycles. The highest BCUT2D eigenvalue weighted by molar-refractivity contribution is 6.31. The molecule has 1 atom stereocenters. The Morgan fingerprint density at radius 3 is 2.82 bits per heavy atom. The average Bonchev–Trinajstić information content (AvgIpc) is 3.06. The maximum atomic E-state index is 14.0. The number of piperazine rings is 1. The van der Waals surface area contributed by atoms with Gasteiger partial charge in [-0.1, -0.05) is 11.6 Å². The molecule has 9 heteroatoms. The maximum absolute atomic E-state index is 14.0. The summed E-state index contributed by atoms with van der Waals surface area (Å²) in [6, 6.07) is 1.18. The number of aromatic amines is 1. The summed E-state index contributed by atoms with van der Waals surface area (Å²) in [4.78, 5) is 28.0. The summed E-state index contributed by atoms with van der Waals surface area (Å²) in [6.07, 6.45) is 4.79. The van der Waals surface area contributed by atoms with Crippen molar-refractivity contribution in [1.82, 2.24) is 25.1 Å². The third-order valence-corrected chi connectivity index (χ3v) is 4.93. The number of allylic oxidation sites excluding steroid dienone is 1. The number of rotatable bonds is 5. The SMILES string of the molecule is C/C(F)=C(\N=Cc1c[nH]c2ncc(Cl)cc12)N[C@@H](C)C(=O)N1CCN(C)CC1. The Hall–Kier alpha value is -2.45. The van der Waals surface area contributed by atoms with Crippen LogP contribution in [0.4, 0.5) is 4.39 Å². The zero-order valence-electron chi connectivity index (χ0n) is 16.2. The van der Waals surface area contributed by atoms with Crippen LogP contribution in [0.15, 0.2) is 35.1 Å². The molecule has 0 saturated carbocycles. The van der Waals surface area contributed by atoms with Crippen LogP contribution in [0.1, 0.15) is 19.4 Å². The normalized spacial score (nSPS) is 17.8. The molecular weight excluding hydrogens is 383 g/mol. The molecule has 0 radical (unpaired) electrons. The van der Waals surface area contributed by atoms with Crippen molar-refractivity contribution in [3.05, 3.63) is 40.7 Å². The van der Waals surface area contributed by atoms with Crippen LogP contribution >= 0.6 is 11.6 Å². The summed E-state index contributed by atoms with van der Waals surface area (Å²) >= 11 is 6.00. The van der Waals surface area contributed by atoms with Gasteiger partial charge in [-0.15, -0.1) is 0 Å². The lowest BCUT2D eigenvalue weighted by molar-refractivity contribution is -0.134. The number of aliphatic imine (C=N–C) groups is 1. The van der Waals surface area contributed by atoms with Crippen molar-refractivity contribution >= 4 is 34.8 Å². The number of carbonyl (C=O) groups excluding carboxylic acids is 1. The highest BCUT2D eigenvalue weighted by Crippen LogP contribution is 2.19. The second-order valence-corrected chi connectivity index (χ2v) is 7.37. The molecule has 1 amide bonds. The van der Waals surface area contributed by atoms with Crippen molar-refractivity contribution in [3.8, 4) is 0 Å². The zero-order chi connectivity index (χ0) is 20.3. The fourth-order valence-electron chi connectivity index (χ4n) is 3.03. The first kappa shape index (κ1) is 20.3. The summed E-state index contributed by atoms with van der Waals surface area (Å²) in [5.74, 6) is -0.533. The highest BCUT2D eigenvalue weighted by Gasteiger charge is 2.24. The van der Waals surface area contributed by atoms with Crippen LogP contribution in [0, 0.1) is 0 Å². The lowest BCUT2D eigenvalue weighted by Gasteiger charge is -2.34. The predicted molar refractivity (Wildman–Crippen MR) is 109 cm³/mol. The molecule has 1 aliphatic heterocycles. The Bertz CT molecular complexity index is 912. The molecule has 2 N–H and O–H groups in total. The van der Waals surface area contributed by atoms with E-state index in [1.807, 2.05) is 7.05 Å². The quantitative estimate of drug-likeness (QED) is 0.748. The van der Waals surface area contributed by atoms with Crippen LogP contribution in [0.5, 0.6) is 0 Å². The van der Waals surface area contributed by atoms with E-state index in [0.29, 0.717) is 23.8 Å². The van der Waals surface area contributed by atoms with Gasteiger partial charge in [-0.05, 0) is 27.0 Å². The van der Waals surface area contributed by atoms with Crippen molar-refractivity contribution in [3.63, 3.8) is 0 Å². The summed E-state index contributed by atoms with van der Waals surface area (Å²) in [5.41, 5.74) is 1.39. The topological polar surface area (TPSA) is 76.6 Å². The molecular formula is C19H24ClFN6O. The van der Waals surface area contributed by atoms with Gasteiger partial charge in [0, 0.05) is 55.7 Å². The molecule has 0 unspecified atom stereocenters. The molecule has 0 aromatic carbocycles. The molecule has 1 saturated heterocycles. The third kappa shape index (κ3) is 4.69. The lowest BCUT2D eigenvalue weighted by Crippen LogP contribution is -2.52. The first-order chi connectivity index (χ1) is 13.3. The fourth-order valence-corrected chi connectivity index (χ4v) is 3.19. The van der Waals surface area contributed by atoms with E-state index in [4.69, 9.17) is 11.6 Å². The summed E-state index contributed by atoms with van der Waals surface area (Å²) in [6.45, 7) is 6.02. The molecule has 7 nitrogen and oxygen atoms in total. The maximum Gasteiger partial charge on any atom is 0.244 e. The molecule has 3 heterocycles. The van der Waals surface area contributed by atoms with Crippen LogP contribution < -0.4 is 5.32 Å². The molecule has 0 bridgehead atoms. The second kappa shape index (κ2) is 8.70. The Kier molecular flexibility index (Phi) is 6.31. The van der Waals surface area contributed by atoms with Gasteiger partial charge < -0.3 is 20.1 Å². The number of halogens is 2. The van der Waals surface area contributed by atoms with Gasteiger partial charge in [0.1, 0.15) is 17.5 Å². The Labute approximate surface area is 168 Å². The van der Waals surface area contributed by atoms with Gasteiger partial charge in [0.05, 0.1) is 5.02 Å². The summed E-state index contributed by atoms with van der Waals surface area (Å²) < 4.78 is 14.0. The fraction of sp³-hybridized carbons (Fsp3) is 0.421. The minimum Gasteiger partial charge on any atom is -0.356 e. The molecule has 2 aromatic rings. The van der Waals surface area contributed by atoms with E-state index in [0.717, 1.165) is 24.0 Å². The Balaban J connectivity index is 1.71. The number of hydrogen-bond donors (Lipinski definition) is 2. The van der Waals surface area contributed by atoms with Gasteiger partial charge in [0.2, 0.25) is 5.91 Å². The highest BCUT2D eigenvalue weighted by atomic mass is 35.5. The molecule has 28 heavy (non-hydrogen) atoms. The van der Waals surface area contributed by atoms with E-state index in [9.17, 15) is 9.18 Å². The van der Waals surface area contributed by atoms with Crippen LogP contribution in [0.25, 0.3) is 11.0 Å². The van der Waals surface area contributed by atoms with E-state index >= 15 is 0 Å². The smallest absolute Gasteiger partial charge is 0.244 e. The molecule has 3 rings (SSSR count). The largest absolute Gasteiger partial charge is 0.356 e. The number of likely N-dealkylation sites (N-methyl/N-ethyl adjacent to an activating group) is 1. The number of carbonyl (C=O) groups is 1. The summed E-state index contributed by atoms with van der Waals surface area (Å²) in [5, 5.41) is 4.19. The number of fused-ring (bicyclic) bond motifs is 1. The Morgan fingerprint density at radius 1 is 1.43 bits per heavy atom. The Morgan fingerprint density at radius 2 is 2.14 bits per heavy atom. The van der Waals surface area contributed by atoms with Crippen molar-refractivity contribution in [1.29, 1.82) is 0 Å². The van der Waals surface area contributed by atoms with Gasteiger partial charge >= 0.3 is 0 Å². The minimum atomic E-state index is -0.583. The van der Waals surface area contributed by atoms with Crippen LogP contribution in [0.3, 0.4) is 0 Å². The second-order valence-electron chi connectivity index (χ2n) is 6.93. The van der Waals surface area contributed by atoms with E-state index in [-0.39, 0.29) is 11.7 Å². The van der Waals surface area contributed by atoms with Crippen molar-refractivity contribution < 1.29 is 9.18 Å². The number of H-pyrrole nitrogens is 1. The number of aromatic nitrogens is 2. The molecule has 0 aliphatic carbocycles. The first-order valence-corrected chi connectivity index (χ1v) is 9.50. The van der Waals surface area contributed by atoms with E-state index in [1.165, 1.54) is 13.1 Å². The van der Waals surface area contributed by atoms with Gasteiger partial charge in [-0.25, -0.2) is 14.4 Å². The van der Waals surface area contributed by atoms with Gasteiger partial charge in [-0.2, -0.15) is 0 Å². The van der Waals surface area contributed by atoms with Crippen molar-refractivity contribution in [2.24, 2.45) is 4.99 Å². The minimum absolute atomic E-state index is 0.0271. The predicted octanol–water partition coefficient (Wildman–Crippen LogP) is 2.55. The van der Waals surface area contributed by atoms with Gasteiger partial charge in [0.25, 0.3) is 0 Å². The number of pyridine rings is 1. The number of hydrogen-bond acceptors (Lipinski definition) is 5. The monoisotopic (exact) mass is 406 g/mol. The van der Waals surface area contributed by atoms with E-state index in [2.05, 4.69) is 25.2 Å². The first-order valence-electron chi connectivity index (χ1n) is 9.12. The zero-order valence-corrected chi connectivity index (χ0v) is 16.9. The van der Waals surface area contributed by atoms with Gasteiger partial charge in [-0.3, -0.25) is 4.79 Å². The van der Waals surface area contributed by atoms with Crippen molar-refractivity contribution in [2.75, 3.05) is 33.2 Å². The van der Waals surface area contributed by atoms with Crippen LogP contribution in [0.2, 0.25) is 5.02 Å². The lowest BCUT2D eigenvalue weighted by atomic mass is 10.2. The van der Waals surface area contributed by atoms with Gasteiger partial charge in [0.15, 0.2) is 5.82 Å². The number of nitrogens with zero attached hydrogens (tertiary/aromatic N) is 4. The van der Waals surface area contributed by atoms with E-state index < -0.39 is 11.9 Å². The number of nitrogens with one attached hydrogen (secondary N) is 2. The van der Waals surface area contributed by atoms with Crippen LogP contribution in [-0.4, -0.2) is 71.2 Å². The van der Waals surface area contributed by atoms with E-state index in [1.54, 1.807) is 30.3 Å². The number of amides is 1. The standard InChI is InChI=1S/C19H24ClFN6O/c1-12(21)17(25-13(2)19(28)27-6-4-26(3)5-7-27)22-9-14-10-23-18-16(14)8-15(20)11-24-18/h8-11,13,25H,4-7H2,1-3H3,(H,23,24)/b17-12-,22-9?/t13-/m0/s1.